The van der Waals surface area contributed by atoms with E-state index >= 15 is 0 Å². The molecule has 0 aromatic rings. The lowest BCUT2D eigenvalue weighted by Crippen LogP contribution is -2.55. The molecular weight excluding hydrogens is 200 g/mol. The van der Waals surface area contributed by atoms with Crippen LogP contribution < -0.4 is 0 Å². The molecule has 0 radical (unpaired) electrons. The second-order valence-corrected chi connectivity index (χ2v) is 4.38. The van der Waals surface area contributed by atoms with Crippen LogP contribution in [0.5, 0.6) is 0 Å². The first-order chi connectivity index (χ1) is 6.66. The Kier molecular flexibility index (Phi) is 2.72. The standard InChI is InChI=1S/C9H16N2O2S/c1-10-4-2-3-9(6-10)11(7-14)5-8(12)13-9/h14H,2-7H2,1H3. The minimum absolute atomic E-state index is 0.116. The van der Waals surface area contributed by atoms with E-state index in [4.69, 9.17) is 4.74 Å². The summed E-state index contributed by atoms with van der Waals surface area (Å²) in [5, 5.41) is 0. The molecule has 80 valence electrons. The van der Waals surface area contributed by atoms with Crippen molar-refractivity contribution in [1.82, 2.24) is 9.80 Å². The van der Waals surface area contributed by atoms with Crippen LogP contribution in [-0.4, -0.2) is 54.1 Å². The average molecular weight is 216 g/mol. The summed E-state index contributed by atoms with van der Waals surface area (Å²) in [6.07, 6.45) is 2.01. The van der Waals surface area contributed by atoms with Crippen molar-refractivity contribution in [1.29, 1.82) is 0 Å². The van der Waals surface area contributed by atoms with Gasteiger partial charge in [-0.2, -0.15) is 12.6 Å². The van der Waals surface area contributed by atoms with Crippen molar-refractivity contribution >= 4 is 18.6 Å². The molecule has 0 saturated carbocycles. The predicted molar refractivity (Wildman–Crippen MR) is 56.1 cm³/mol. The lowest BCUT2D eigenvalue weighted by Gasteiger charge is -2.41. The zero-order valence-electron chi connectivity index (χ0n) is 8.40. The van der Waals surface area contributed by atoms with Gasteiger partial charge in [0.15, 0.2) is 5.72 Å². The Labute approximate surface area is 89.6 Å². The molecule has 2 saturated heterocycles. The molecule has 0 N–H and O–H groups in total. The third kappa shape index (κ3) is 1.64. The largest absolute Gasteiger partial charge is 0.441 e. The molecule has 0 aromatic heterocycles. The van der Waals surface area contributed by atoms with Gasteiger partial charge >= 0.3 is 5.97 Å². The second kappa shape index (κ2) is 3.72. The number of ether oxygens (including phenoxy) is 1. The summed E-state index contributed by atoms with van der Waals surface area (Å²) < 4.78 is 5.46. The first kappa shape index (κ1) is 10.3. The quantitative estimate of drug-likeness (QED) is 0.500. The Morgan fingerprint density at radius 3 is 3.07 bits per heavy atom. The zero-order chi connectivity index (χ0) is 10.2. The molecule has 4 nitrogen and oxygen atoms in total. The number of esters is 1. The molecule has 0 bridgehead atoms. The summed E-state index contributed by atoms with van der Waals surface area (Å²) in [6, 6.07) is 0. The van der Waals surface area contributed by atoms with Crippen LogP contribution in [0.4, 0.5) is 0 Å². The van der Waals surface area contributed by atoms with E-state index in [2.05, 4.69) is 24.6 Å². The van der Waals surface area contributed by atoms with Gasteiger partial charge in [0.05, 0.1) is 6.54 Å². The fourth-order valence-electron chi connectivity index (χ4n) is 2.33. The number of carbonyl (C=O) groups is 1. The molecule has 1 atom stereocenters. The van der Waals surface area contributed by atoms with Crippen LogP contribution in [0.3, 0.4) is 0 Å². The number of hydrogen-bond donors (Lipinski definition) is 1. The van der Waals surface area contributed by atoms with Crippen LogP contribution in [-0.2, 0) is 9.53 Å². The monoisotopic (exact) mass is 216 g/mol. The van der Waals surface area contributed by atoms with Crippen molar-refractivity contribution in [2.24, 2.45) is 0 Å². The Balaban J connectivity index is 2.15. The lowest BCUT2D eigenvalue weighted by molar-refractivity contribution is -0.161. The third-order valence-electron chi connectivity index (χ3n) is 3.00. The molecule has 2 aliphatic heterocycles. The van der Waals surface area contributed by atoms with E-state index in [9.17, 15) is 4.79 Å². The van der Waals surface area contributed by atoms with Crippen LogP contribution in [0.2, 0.25) is 0 Å². The van der Waals surface area contributed by atoms with Crippen molar-refractivity contribution in [2.45, 2.75) is 18.6 Å². The van der Waals surface area contributed by atoms with Gasteiger partial charge in [-0.25, -0.2) is 4.90 Å². The molecule has 1 spiro atoms. The molecule has 0 aliphatic carbocycles. The van der Waals surface area contributed by atoms with Gasteiger partial charge in [0.2, 0.25) is 0 Å². The second-order valence-electron chi connectivity index (χ2n) is 4.10. The van der Waals surface area contributed by atoms with Crippen molar-refractivity contribution in [2.75, 3.05) is 32.6 Å². The topological polar surface area (TPSA) is 32.8 Å². The fourth-order valence-corrected chi connectivity index (χ4v) is 2.69. The van der Waals surface area contributed by atoms with E-state index in [1.807, 2.05) is 4.90 Å². The average Bonchev–Trinajstić information content (AvgIpc) is 2.41. The molecule has 0 amide bonds. The molecule has 14 heavy (non-hydrogen) atoms. The van der Waals surface area contributed by atoms with Gasteiger partial charge in [-0.3, -0.25) is 4.79 Å². The van der Waals surface area contributed by atoms with Crippen LogP contribution in [0, 0.1) is 0 Å². The molecule has 1 unspecified atom stereocenters. The predicted octanol–water partition coefficient (Wildman–Crippen LogP) is 0.154. The number of rotatable bonds is 1. The van der Waals surface area contributed by atoms with Gasteiger partial charge in [-0.1, -0.05) is 0 Å². The number of piperidine rings is 1. The summed E-state index contributed by atoms with van der Waals surface area (Å²) in [5.41, 5.74) is -0.383. The smallest absolute Gasteiger partial charge is 0.322 e. The number of likely N-dealkylation sites (tertiary alicyclic amines) is 1. The highest BCUT2D eigenvalue weighted by molar-refractivity contribution is 7.80. The molecular formula is C9H16N2O2S. The molecule has 2 fully saturated rings. The van der Waals surface area contributed by atoms with Gasteiger partial charge < -0.3 is 9.64 Å². The van der Waals surface area contributed by atoms with E-state index in [1.165, 1.54) is 0 Å². The van der Waals surface area contributed by atoms with Crippen molar-refractivity contribution < 1.29 is 9.53 Å². The van der Waals surface area contributed by atoms with Crippen molar-refractivity contribution in [3.05, 3.63) is 0 Å². The molecule has 2 aliphatic rings. The van der Waals surface area contributed by atoms with E-state index in [-0.39, 0.29) is 11.7 Å². The van der Waals surface area contributed by atoms with Gasteiger partial charge in [-0.15, -0.1) is 0 Å². The Morgan fingerprint density at radius 1 is 1.64 bits per heavy atom. The van der Waals surface area contributed by atoms with Crippen LogP contribution in [0.15, 0.2) is 0 Å². The molecule has 0 aromatic carbocycles. The minimum atomic E-state index is -0.383. The van der Waals surface area contributed by atoms with Crippen LogP contribution in [0.1, 0.15) is 12.8 Å². The maximum atomic E-state index is 11.3. The number of carbonyl (C=O) groups excluding carboxylic acids is 1. The fraction of sp³-hybridized carbons (Fsp3) is 0.889. The van der Waals surface area contributed by atoms with E-state index < -0.39 is 0 Å². The lowest BCUT2D eigenvalue weighted by atomic mass is 10.0. The summed E-state index contributed by atoms with van der Waals surface area (Å²) in [4.78, 5) is 15.5. The summed E-state index contributed by atoms with van der Waals surface area (Å²) in [5.74, 6) is 0.467. The number of likely N-dealkylation sites (N-methyl/N-ethyl adjacent to an activating group) is 1. The van der Waals surface area contributed by atoms with Crippen molar-refractivity contribution in [3.8, 4) is 0 Å². The minimum Gasteiger partial charge on any atom is -0.441 e. The zero-order valence-corrected chi connectivity index (χ0v) is 9.30. The summed E-state index contributed by atoms with van der Waals surface area (Å²) >= 11 is 4.25. The molecule has 2 rings (SSSR count). The third-order valence-corrected chi connectivity index (χ3v) is 3.34. The Morgan fingerprint density at radius 2 is 2.43 bits per heavy atom. The van der Waals surface area contributed by atoms with Crippen LogP contribution in [0.25, 0.3) is 0 Å². The summed E-state index contributed by atoms with van der Waals surface area (Å²) in [7, 11) is 2.06. The number of thiol groups is 1. The highest BCUT2D eigenvalue weighted by atomic mass is 32.1. The Bertz CT molecular complexity index is 249. The molecule has 5 heteroatoms. The highest BCUT2D eigenvalue weighted by Crippen LogP contribution is 2.32. The SMILES string of the molecule is CN1CCCC2(C1)OC(=O)CN2CS. The van der Waals surface area contributed by atoms with Gasteiger partial charge in [0, 0.05) is 12.3 Å². The highest BCUT2D eigenvalue weighted by Gasteiger charge is 2.48. The van der Waals surface area contributed by atoms with Gasteiger partial charge in [0.25, 0.3) is 0 Å². The van der Waals surface area contributed by atoms with Gasteiger partial charge in [0.1, 0.15) is 6.54 Å². The summed E-state index contributed by atoms with van der Waals surface area (Å²) in [6.45, 7) is 2.27. The maximum Gasteiger partial charge on any atom is 0.322 e. The Hall–Kier alpha value is -0.260. The first-order valence-corrected chi connectivity index (χ1v) is 5.56. The normalized spacial score (nSPS) is 35.1. The maximum absolute atomic E-state index is 11.3. The number of nitrogens with zero attached hydrogens (tertiary/aromatic N) is 2. The van der Waals surface area contributed by atoms with Gasteiger partial charge in [-0.05, 0) is 20.0 Å². The van der Waals surface area contributed by atoms with E-state index in [0.717, 1.165) is 25.9 Å². The van der Waals surface area contributed by atoms with E-state index in [0.29, 0.717) is 12.4 Å². The first-order valence-electron chi connectivity index (χ1n) is 4.92. The molecule has 2 heterocycles. The van der Waals surface area contributed by atoms with Crippen molar-refractivity contribution in [3.63, 3.8) is 0 Å². The number of hydrogen-bond acceptors (Lipinski definition) is 5. The van der Waals surface area contributed by atoms with E-state index in [1.54, 1.807) is 0 Å². The van der Waals surface area contributed by atoms with Crippen LogP contribution >= 0.6 is 12.6 Å².